The number of fused-ring (bicyclic) bond motifs is 1. The van der Waals surface area contributed by atoms with E-state index in [-0.39, 0.29) is 30.0 Å². The van der Waals surface area contributed by atoms with E-state index in [1.807, 2.05) is 0 Å². The average Bonchev–Trinajstić information content (AvgIpc) is 2.87. The first-order valence-corrected chi connectivity index (χ1v) is 9.60. The zero-order chi connectivity index (χ0) is 18.1. The molecule has 7 heteroatoms. The highest BCUT2D eigenvalue weighted by molar-refractivity contribution is 7.21. The fraction of sp³-hybridized carbons (Fsp3) is 0.500. The number of hydrogen-bond acceptors (Lipinski definition) is 4. The standard InChI is InChI=1S/C18H22ClFN2O2S/c1-10(22-8-11(2)24-12(3)9-22)7-21-18(23)17-16(19)14-5-4-13(20)6-15(14)25-17/h4-6,10-12H,7-9H2,1-3H3,(H,21,23). The Bertz CT molecular complexity index is 772. The topological polar surface area (TPSA) is 41.6 Å². The molecule has 2 heterocycles. The molecule has 0 spiro atoms. The second kappa shape index (κ2) is 7.58. The van der Waals surface area contributed by atoms with Gasteiger partial charge in [-0.2, -0.15) is 0 Å². The Hall–Kier alpha value is -1.21. The molecule has 3 unspecified atom stereocenters. The number of hydrogen-bond donors (Lipinski definition) is 1. The normalized spacial score (nSPS) is 22.9. The maximum Gasteiger partial charge on any atom is 0.262 e. The lowest BCUT2D eigenvalue weighted by molar-refractivity contribution is -0.0778. The zero-order valence-corrected chi connectivity index (χ0v) is 16.1. The minimum absolute atomic E-state index is 0.189. The summed E-state index contributed by atoms with van der Waals surface area (Å²) >= 11 is 7.52. The quantitative estimate of drug-likeness (QED) is 0.868. The third kappa shape index (κ3) is 4.14. The zero-order valence-electron chi connectivity index (χ0n) is 14.5. The van der Waals surface area contributed by atoms with Crippen LogP contribution in [0.4, 0.5) is 4.39 Å². The molecule has 1 N–H and O–H groups in total. The van der Waals surface area contributed by atoms with Gasteiger partial charge in [0.2, 0.25) is 0 Å². The van der Waals surface area contributed by atoms with E-state index >= 15 is 0 Å². The van der Waals surface area contributed by atoms with Crippen molar-refractivity contribution in [2.45, 2.75) is 39.0 Å². The Labute approximate surface area is 155 Å². The van der Waals surface area contributed by atoms with E-state index in [0.717, 1.165) is 13.1 Å². The molecule has 2 aromatic rings. The lowest BCUT2D eigenvalue weighted by Crippen LogP contribution is -2.52. The number of thiophene rings is 1. The van der Waals surface area contributed by atoms with E-state index in [1.54, 1.807) is 6.07 Å². The van der Waals surface area contributed by atoms with Gasteiger partial charge in [-0.1, -0.05) is 11.6 Å². The van der Waals surface area contributed by atoms with Crippen molar-refractivity contribution in [1.29, 1.82) is 0 Å². The summed E-state index contributed by atoms with van der Waals surface area (Å²) < 4.78 is 19.8. The first kappa shape index (κ1) is 18.6. The third-order valence-electron chi connectivity index (χ3n) is 4.43. The van der Waals surface area contributed by atoms with Crippen LogP contribution in [0.5, 0.6) is 0 Å². The molecule has 1 saturated heterocycles. The molecule has 1 aliphatic heterocycles. The van der Waals surface area contributed by atoms with E-state index in [4.69, 9.17) is 16.3 Å². The minimum Gasteiger partial charge on any atom is -0.373 e. The van der Waals surface area contributed by atoms with Crippen molar-refractivity contribution >= 4 is 38.9 Å². The Morgan fingerprint density at radius 3 is 2.80 bits per heavy atom. The van der Waals surface area contributed by atoms with E-state index in [1.165, 1.54) is 23.5 Å². The van der Waals surface area contributed by atoms with Crippen LogP contribution in [0.3, 0.4) is 0 Å². The smallest absolute Gasteiger partial charge is 0.262 e. The number of rotatable bonds is 4. The highest BCUT2D eigenvalue weighted by atomic mass is 35.5. The van der Waals surface area contributed by atoms with Crippen molar-refractivity contribution in [2.24, 2.45) is 0 Å². The molecular weight excluding hydrogens is 363 g/mol. The summed E-state index contributed by atoms with van der Waals surface area (Å²) in [6.45, 7) is 8.44. The van der Waals surface area contributed by atoms with Gasteiger partial charge in [0.1, 0.15) is 10.7 Å². The van der Waals surface area contributed by atoms with Crippen LogP contribution in [-0.2, 0) is 4.74 Å². The van der Waals surface area contributed by atoms with Crippen LogP contribution in [0.15, 0.2) is 18.2 Å². The van der Waals surface area contributed by atoms with Crippen LogP contribution < -0.4 is 5.32 Å². The number of carbonyl (C=O) groups excluding carboxylic acids is 1. The first-order chi connectivity index (χ1) is 11.8. The van der Waals surface area contributed by atoms with Gasteiger partial charge in [-0.15, -0.1) is 11.3 Å². The van der Waals surface area contributed by atoms with Gasteiger partial charge in [0.05, 0.1) is 17.2 Å². The molecule has 3 rings (SSSR count). The highest BCUT2D eigenvalue weighted by Gasteiger charge is 2.26. The molecular formula is C18H22ClFN2O2S. The molecule has 0 aliphatic carbocycles. The van der Waals surface area contributed by atoms with Crippen LogP contribution in [0.2, 0.25) is 5.02 Å². The number of ether oxygens (including phenoxy) is 1. The summed E-state index contributed by atoms with van der Waals surface area (Å²) in [5.74, 6) is -0.547. The van der Waals surface area contributed by atoms with Gasteiger partial charge in [0.15, 0.2) is 0 Å². The SMILES string of the molecule is CC1CN(C(C)CNC(=O)c2sc3cc(F)ccc3c2Cl)CC(C)O1. The maximum atomic E-state index is 13.3. The fourth-order valence-electron chi connectivity index (χ4n) is 3.21. The van der Waals surface area contributed by atoms with Gasteiger partial charge < -0.3 is 10.1 Å². The van der Waals surface area contributed by atoms with Crippen molar-refractivity contribution in [3.05, 3.63) is 33.9 Å². The largest absolute Gasteiger partial charge is 0.373 e. The Morgan fingerprint density at radius 2 is 2.12 bits per heavy atom. The van der Waals surface area contributed by atoms with E-state index in [9.17, 15) is 9.18 Å². The van der Waals surface area contributed by atoms with Crippen molar-refractivity contribution in [3.63, 3.8) is 0 Å². The highest BCUT2D eigenvalue weighted by Crippen LogP contribution is 2.35. The summed E-state index contributed by atoms with van der Waals surface area (Å²) in [6, 6.07) is 4.57. The second-order valence-electron chi connectivity index (χ2n) is 6.66. The summed E-state index contributed by atoms with van der Waals surface area (Å²) in [6.07, 6.45) is 0.377. The number of benzene rings is 1. The van der Waals surface area contributed by atoms with Crippen molar-refractivity contribution < 1.29 is 13.9 Å². The summed E-state index contributed by atoms with van der Waals surface area (Å²) in [7, 11) is 0. The van der Waals surface area contributed by atoms with E-state index < -0.39 is 0 Å². The predicted octanol–water partition coefficient (Wildman–Crippen LogP) is 3.92. The molecule has 0 saturated carbocycles. The molecule has 1 fully saturated rings. The van der Waals surface area contributed by atoms with Gasteiger partial charge in [-0.25, -0.2) is 4.39 Å². The van der Waals surface area contributed by atoms with Gasteiger partial charge in [-0.3, -0.25) is 9.69 Å². The molecule has 136 valence electrons. The van der Waals surface area contributed by atoms with Crippen molar-refractivity contribution in [2.75, 3.05) is 19.6 Å². The number of carbonyl (C=O) groups is 1. The van der Waals surface area contributed by atoms with Gasteiger partial charge >= 0.3 is 0 Å². The van der Waals surface area contributed by atoms with E-state index in [2.05, 4.69) is 31.0 Å². The fourth-order valence-corrected chi connectivity index (χ4v) is 4.67. The summed E-state index contributed by atoms with van der Waals surface area (Å²) in [4.78, 5) is 15.3. The Kier molecular flexibility index (Phi) is 5.63. The molecule has 1 aromatic carbocycles. The number of morpholine rings is 1. The van der Waals surface area contributed by atoms with Crippen LogP contribution in [0.25, 0.3) is 10.1 Å². The average molecular weight is 385 g/mol. The molecule has 1 amide bonds. The van der Waals surface area contributed by atoms with Crippen LogP contribution >= 0.6 is 22.9 Å². The van der Waals surface area contributed by atoms with Crippen LogP contribution in [0, 0.1) is 5.82 Å². The van der Waals surface area contributed by atoms with Gasteiger partial charge in [-0.05, 0) is 39.0 Å². The first-order valence-electron chi connectivity index (χ1n) is 8.40. The number of halogens is 2. The molecule has 25 heavy (non-hydrogen) atoms. The Morgan fingerprint density at radius 1 is 1.44 bits per heavy atom. The lowest BCUT2D eigenvalue weighted by atomic mass is 10.1. The summed E-state index contributed by atoms with van der Waals surface area (Å²) in [5, 5.41) is 4.05. The second-order valence-corrected chi connectivity index (χ2v) is 8.09. The lowest BCUT2D eigenvalue weighted by Gasteiger charge is -2.38. The maximum absolute atomic E-state index is 13.3. The molecule has 4 nitrogen and oxygen atoms in total. The predicted molar refractivity (Wildman–Crippen MR) is 100 cm³/mol. The molecule has 0 bridgehead atoms. The monoisotopic (exact) mass is 384 g/mol. The van der Waals surface area contributed by atoms with E-state index in [0.29, 0.717) is 26.5 Å². The number of nitrogens with zero attached hydrogens (tertiary/aromatic N) is 1. The molecule has 3 atom stereocenters. The van der Waals surface area contributed by atoms with Crippen LogP contribution in [0.1, 0.15) is 30.4 Å². The van der Waals surface area contributed by atoms with Gasteiger partial charge in [0.25, 0.3) is 5.91 Å². The minimum atomic E-state index is -0.332. The van der Waals surface area contributed by atoms with Crippen molar-refractivity contribution in [3.8, 4) is 0 Å². The molecule has 0 radical (unpaired) electrons. The van der Waals surface area contributed by atoms with Crippen molar-refractivity contribution in [1.82, 2.24) is 10.2 Å². The number of nitrogens with one attached hydrogen (secondary N) is 1. The molecule has 1 aliphatic rings. The third-order valence-corrected chi connectivity index (χ3v) is 6.08. The van der Waals surface area contributed by atoms with Crippen LogP contribution in [-0.4, -0.2) is 48.7 Å². The van der Waals surface area contributed by atoms with Gasteiger partial charge in [0, 0.05) is 35.8 Å². The number of amides is 1. The Balaban J connectivity index is 1.65. The molecule has 1 aromatic heterocycles. The summed E-state index contributed by atoms with van der Waals surface area (Å²) in [5.41, 5.74) is 0.